The number of hydrogen-bond acceptors (Lipinski definition) is 4. The quantitative estimate of drug-likeness (QED) is 0.116. The molecule has 0 fully saturated rings. The number of hydrogen-bond donors (Lipinski definition) is 4. The van der Waals surface area contributed by atoms with Crippen molar-refractivity contribution in [3.8, 4) is 0 Å². The Morgan fingerprint density at radius 1 is 0.600 bits per heavy atom. The second kappa shape index (κ2) is 16.3. The van der Waals surface area contributed by atoms with Crippen molar-refractivity contribution in [2.75, 3.05) is 0 Å². The fourth-order valence-corrected chi connectivity index (χ4v) is 7.77. The molecule has 0 unspecified atom stereocenters. The monoisotopic (exact) mass is 734 g/mol. The van der Waals surface area contributed by atoms with Crippen molar-refractivity contribution in [2.24, 2.45) is 9.98 Å². The molecule has 55 heavy (non-hydrogen) atoms. The minimum Gasteiger partial charge on any atom is -0.359 e. The number of H-pyrrole nitrogens is 2. The summed E-state index contributed by atoms with van der Waals surface area (Å²) in [5.74, 6) is -0.00350. The third-order valence-corrected chi connectivity index (χ3v) is 11.3. The molecule has 2 amide bonds. The third kappa shape index (κ3) is 8.49. The number of allylic oxidation sites excluding steroid dienone is 4. The van der Waals surface area contributed by atoms with E-state index >= 15 is 0 Å². The number of aryl methyl sites for hydroxylation is 2. The molecular weight excluding hydrogens is 681 g/mol. The first-order valence-electron chi connectivity index (χ1n) is 19.2. The average Bonchev–Trinajstić information content (AvgIpc) is 3.78. The van der Waals surface area contributed by atoms with Gasteiger partial charge in [0.25, 0.3) is 0 Å². The van der Waals surface area contributed by atoms with Gasteiger partial charge in [-0.15, -0.1) is 0 Å². The van der Waals surface area contributed by atoms with Crippen LogP contribution in [-0.4, -0.2) is 33.2 Å². The van der Waals surface area contributed by atoms with Gasteiger partial charge in [-0.2, -0.15) is 0 Å². The Bertz CT molecular complexity index is 2160. The zero-order chi connectivity index (χ0) is 39.6. The van der Waals surface area contributed by atoms with Crippen LogP contribution < -0.4 is 10.6 Å². The molecule has 0 bridgehead atoms. The molecule has 4 aromatic rings. The summed E-state index contributed by atoms with van der Waals surface area (Å²) in [5, 5.41) is 6.30. The van der Waals surface area contributed by atoms with Crippen LogP contribution in [-0.2, 0) is 22.4 Å². The Hall–Kier alpha value is -5.76. The van der Waals surface area contributed by atoms with E-state index < -0.39 is 0 Å². The van der Waals surface area contributed by atoms with Gasteiger partial charge in [-0.05, 0) is 137 Å². The lowest BCUT2D eigenvalue weighted by atomic mass is 9.93. The molecule has 2 atom stereocenters. The largest absolute Gasteiger partial charge is 0.359 e. The Labute approximate surface area is 325 Å². The van der Waals surface area contributed by atoms with Gasteiger partial charge in [0.1, 0.15) is 0 Å². The number of benzene rings is 2. The van der Waals surface area contributed by atoms with E-state index in [1.807, 2.05) is 88.4 Å². The van der Waals surface area contributed by atoms with Crippen molar-refractivity contribution in [1.29, 1.82) is 0 Å². The van der Waals surface area contributed by atoms with E-state index in [0.717, 1.165) is 96.5 Å². The standard InChI is InChI=1S/C47H54N6O2/c1-26-38(32(7)48-42(26)24-44-28(3)40(34(9)50-44)22-46(54)52-30(5)36-17-13-11-14-18-36)21-39-27(2)43(49-33(39)8)25-45-29(4)41(35(10)51-45)23-47(55)53-31(6)37-19-15-12-16-20-37/h11-20,24-25,30-31,50-51H,21-23H2,1-10H3,(H,52,54)(H,53,55)/b42-24-,43-25-/t30-,31-/m0/s1. The number of rotatable bonds is 12. The number of carbonyl (C=O) groups is 2. The van der Waals surface area contributed by atoms with Gasteiger partial charge in [0.05, 0.1) is 36.3 Å². The zero-order valence-electron chi connectivity index (χ0n) is 33.9. The summed E-state index contributed by atoms with van der Waals surface area (Å²) in [7, 11) is 0. The Balaban J connectivity index is 1.16. The molecule has 4 N–H and O–H groups in total. The SMILES string of the molecule is CC1=N/C(=C\c2[nH]c(C)c(CC(=O)N[C@@H](C)c3ccccc3)c2C)C(C)=C1CC1=C(C)/C(=C/c2[nH]c(C)c(CC(=O)N[C@@H](C)c3ccccc3)c2C)N=C1C. The number of amides is 2. The smallest absolute Gasteiger partial charge is 0.224 e. The highest BCUT2D eigenvalue weighted by Crippen LogP contribution is 2.37. The summed E-state index contributed by atoms with van der Waals surface area (Å²) in [6, 6.07) is 19.9. The maximum Gasteiger partial charge on any atom is 0.224 e. The van der Waals surface area contributed by atoms with E-state index in [-0.39, 0.29) is 23.9 Å². The lowest BCUT2D eigenvalue weighted by Gasteiger charge is -2.14. The summed E-state index contributed by atoms with van der Waals surface area (Å²) in [6.07, 6.45) is 5.58. The Morgan fingerprint density at radius 2 is 0.964 bits per heavy atom. The van der Waals surface area contributed by atoms with Crippen molar-refractivity contribution in [3.05, 3.63) is 151 Å². The predicted molar refractivity (Wildman–Crippen MR) is 226 cm³/mol. The van der Waals surface area contributed by atoms with Crippen molar-refractivity contribution in [3.63, 3.8) is 0 Å². The predicted octanol–water partition coefficient (Wildman–Crippen LogP) is 9.77. The van der Waals surface area contributed by atoms with Gasteiger partial charge in [-0.25, -0.2) is 0 Å². The van der Waals surface area contributed by atoms with Gasteiger partial charge in [0, 0.05) is 40.6 Å². The van der Waals surface area contributed by atoms with E-state index in [0.29, 0.717) is 12.8 Å². The molecule has 2 aromatic heterocycles. The molecule has 2 aliphatic rings. The second-order valence-corrected chi connectivity index (χ2v) is 15.1. The van der Waals surface area contributed by atoms with Gasteiger partial charge < -0.3 is 20.6 Å². The summed E-state index contributed by atoms with van der Waals surface area (Å²) in [5.41, 5.74) is 18.8. The summed E-state index contributed by atoms with van der Waals surface area (Å²) >= 11 is 0. The second-order valence-electron chi connectivity index (χ2n) is 15.1. The van der Waals surface area contributed by atoms with Crippen LogP contribution in [0.25, 0.3) is 12.2 Å². The first-order valence-corrected chi connectivity index (χ1v) is 19.2. The minimum absolute atomic E-state index is 0.00175. The number of aromatic amines is 2. The number of nitrogens with zero attached hydrogens (tertiary/aromatic N) is 2. The molecule has 0 saturated heterocycles. The Morgan fingerprint density at radius 3 is 1.33 bits per heavy atom. The van der Waals surface area contributed by atoms with Gasteiger partial charge in [-0.3, -0.25) is 19.6 Å². The van der Waals surface area contributed by atoms with Crippen LogP contribution in [0.2, 0.25) is 0 Å². The number of nitrogens with one attached hydrogen (secondary N) is 4. The Kier molecular flexibility index (Phi) is 11.6. The number of aromatic nitrogens is 2. The number of aliphatic imine (C=N–C) groups is 2. The van der Waals surface area contributed by atoms with Crippen molar-refractivity contribution in [1.82, 2.24) is 20.6 Å². The average molecular weight is 735 g/mol. The molecule has 6 rings (SSSR count). The van der Waals surface area contributed by atoms with Crippen LogP contribution in [0.4, 0.5) is 0 Å². The molecule has 0 spiro atoms. The molecule has 4 heterocycles. The molecule has 8 heteroatoms. The normalized spacial score (nSPS) is 16.9. The topological polar surface area (TPSA) is 114 Å². The highest BCUT2D eigenvalue weighted by Gasteiger charge is 2.26. The van der Waals surface area contributed by atoms with Crippen molar-refractivity contribution >= 4 is 35.4 Å². The summed E-state index contributed by atoms with van der Waals surface area (Å²) < 4.78 is 0. The fourth-order valence-electron chi connectivity index (χ4n) is 7.77. The lowest BCUT2D eigenvalue weighted by Crippen LogP contribution is -2.28. The van der Waals surface area contributed by atoms with E-state index in [4.69, 9.17) is 9.98 Å². The van der Waals surface area contributed by atoms with Gasteiger partial charge >= 0.3 is 0 Å². The van der Waals surface area contributed by atoms with Crippen LogP contribution >= 0.6 is 0 Å². The highest BCUT2D eigenvalue weighted by atomic mass is 16.2. The van der Waals surface area contributed by atoms with Crippen molar-refractivity contribution < 1.29 is 9.59 Å². The van der Waals surface area contributed by atoms with Crippen LogP contribution in [0.5, 0.6) is 0 Å². The van der Waals surface area contributed by atoms with E-state index in [9.17, 15) is 9.59 Å². The molecule has 2 aromatic carbocycles. The molecule has 2 aliphatic heterocycles. The van der Waals surface area contributed by atoms with Gasteiger partial charge in [0.2, 0.25) is 11.8 Å². The first-order chi connectivity index (χ1) is 26.2. The lowest BCUT2D eigenvalue weighted by molar-refractivity contribution is -0.122. The minimum atomic E-state index is -0.0651. The van der Waals surface area contributed by atoms with Gasteiger partial charge in [-0.1, -0.05) is 60.7 Å². The maximum absolute atomic E-state index is 13.1. The molecule has 8 nitrogen and oxygen atoms in total. The number of carbonyl (C=O) groups excluding carboxylic acids is 2. The molecule has 0 radical (unpaired) electrons. The molecular formula is C47H54N6O2. The highest BCUT2D eigenvalue weighted by molar-refractivity contribution is 6.09. The first kappa shape index (κ1) is 38.9. The fraction of sp³-hybridized carbons (Fsp3) is 0.319. The summed E-state index contributed by atoms with van der Waals surface area (Å²) in [6.45, 7) is 20.7. The van der Waals surface area contributed by atoms with Gasteiger partial charge in [0.15, 0.2) is 0 Å². The van der Waals surface area contributed by atoms with E-state index in [2.05, 4.69) is 74.3 Å². The third-order valence-electron chi connectivity index (χ3n) is 11.3. The van der Waals surface area contributed by atoms with Crippen molar-refractivity contribution in [2.45, 2.75) is 101 Å². The molecule has 0 aliphatic carbocycles. The van der Waals surface area contributed by atoms with E-state index in [1.54, 1.807) is 0 Å². The summed E-state index contributed by atoms with van der Waals surface area (Å²) in [4.78, 5) is 43.2. The van der Waals surface area contributed by atoms with Crippen LogP contribution in [0, 0.1) is 27.7 Å². The van der Waals surface area contributed by atoms with Crippen LogP contribution in [0.3, 0.4) is 0 Å². The van der Waals surface area contributed by atoms with E-state index in [1.165, 1.54) is 11.1 Å². The molecule has 284 valence electrons. The van der Waals surface area contributed by atoms with Crippen LogP contribution in [0.15, 0.2) is 104 Å². The maximum atomic E-state index is 13.1. The molecule has 0 saturated carbocycles. The zero-order valence-corrected chi connectivity index (χ0v) is 33.9. The van der Waals surface area contributed by atoms with Crippen LogP contribution in [0.1, 0.15) is 116 Å².